The first-order valence-electron chi connectivity index (χ1n) is 8.64. The first kappa shape index (κ1) is 19.3. The Hall–Kier alpha value is -3.02. The fraction of sp³-hybridized carbons (Fsp3) is 0.300. The van der Waals surface area contributed by atoms with Crippen molar-refractivity contribution in [3.8, 4) is 11.5 Å². The molecule has 0 radical (unpaired) electrons. The molecule has 6 heteroatoms. The van der Waals surface area contributed by atoms with Crippen LogP contribution < -0.4 is 15.4 Å². The van der Waals surface area contributed by atoms with Crippen molar-refractivity contribution in [1.82, 2.24) is 10.6 Å². The number of amides is 2. The van der Waals surface area contributed by atoms with Crippen molar-refractivity contribution < 1.29 is 19.4 Å². The minimum absolute atomic E-state index is 0.0332. The Bertz CT molecular complexity index is 729. The van der Waals surface area contributed by atoms with E-state index in [1.807, 2.05) is 24.3 Å². The summed E-state index contributed by atoms with van der Waals surface area (Å²) in [6.45, 7) is 2.63. The molecule has 0 atom stereocenters. The van der Waals surface area contributed by atoms with E-state index in [1.54, 1.807) is 12.1 Å². The number of rotatable bonds is 9. The van der Waals surface area contributed by atoms with Crippen LogP contribution in [-0.2, 0) is 11.2 Å². The van der Waals surface area contributed by atoms with Crippen LogP contribution in [0.3, 0.4) is 0 Å². The van der Waals surface area contributed by atoms with Gasteiger partial charge in [-0.15, -0.1) is 0 Å². The number of aromatic hydroxyl groups is 1. The van der Waals surface area contributed by atoms with Crippen molar-refractivity contribution in [1.29, 1.82) is 0 Å². The summed E-state index contributed by atoms with van der Waals surface area (Å²) in [5.41, 5.74) is 1.61. The van der Waals surface area contributed by atoms with Crippen LogP contribution in [-0.4, -0.2) is 36.6 Å². The van der Waals surface area contributed by atoms with Crippen LogP contribution in [0.2, 0.25) is 0 Å². The standard InChI is InChI=1S/C20H24N2O4/c1-2-4-15-7-9-18(10-8-15)26-14-19(24)21-11-12-22-20(25)16-5-3-6-17(23)13-16/h3,5-10,13,23H,2,4,11-12,14H2,1H3,(H,21,24)(H,22,25). The normalized spacial score (nSPS) is 10.2. The fourth-order valence-electron chi connectivity index (χ4n) is 2.37. The molecular weight excluding hydrogens is 332 g/mol. The number of phenols is 1. The molecule has 138 valence electrons. The number of hydrogen-bond acceptors (Lipinski definition) is 4. The summed E-state index contributed by atoms with van der Waals surface area (Å²) in [7, 11) is 0. The molecule has 26 heavy (non-hydrogen) atoms. The quantitative estimate of drug-likeness (QED) is 0.602. The fourth-order valence-corrected chi connectivity index (χ4v) is 2.37. The van der Waals surface area contributed by atoms with Crippen LogP contribution in [0.4, 0.5) is 0 Å². The highest BCUT2D eigenvalue weighted by Crippen LogP contribution is 2.13. The Morgan fingerprint density at radius 1 is 1.04 bits per heavy atom. The van der Waals surface area contributed by atoms with E-state index in [2.05, 4.69) is 17.6 Å². The van der Waals surface area contributed by atoms with Gasteiger partial charge in [0.2, 0.25) is 0 Å². The topological polar surface area (TPSA) is 87.7 Å². The highest BCUT2D eigenvalue weighted by atomic mass is 16.5. The van der Waals surface area contributed by atoms with Crippen LogP contribution in [0, 0.1) is 0 Å². The summed E-state index contributed by atoms with van der Waals surface area (Å²) in [6, 6.07) is 13.8. The molecule has 0 aliphatic rings. The first-order valence-corrected chi connectivity index (χ1v) is 8.64. The number of phenolic OH excluding ortho intramolecular Hbond substituents is 1. The Balaban J connectivity index is 1.63. The molecule has 2 aromatic rings. The third-order valence-electron chi connectivity index (χ3n) is 3.67. The SMILES string of the molecule is CCCc1ccc(OCC(=O)NCCNC(=O)c2cccc(O)c2)cc1. The van der Waals surface area contributed by atoms with Crippen LogP contribution in [0.5, 0.6) is 11.5 Å². The first-order chi connectivity index (χ1) is 12.6. The average molecular weight is 356 g/mol. The molecule has 0 saturated carbocycles. The summed E-state index contributed by atoms with van der Waals surface area (Å²) in [6.07, 6.45) is 2.11. The van der Waals surface area contributed by atoms with E-state index in [0.717, 1.165) is 12.8 Å². The molecule has 0 saturated heterocycles. The van der Waals surface area contributed by atoms with Gasteiger partial charge in [0.15, 0.2) is 6.61 Å². The molecule has 0 spiro atoms. The molecule has 2 amide bonds. The highest BCUT2D eigenvalue weighted by Gasteiger charge is 2.06. The molecule has 0 heterocycles. The van der Waals surface area contributed by atoms with Crippen molar-refractivity contribution in [3.05, 3.63) is 59.7 Å². The van der Waals surface area contributed by atoms with E-state index in [0.29, 0.717) is 17.9 Å². The van der Waals surface area contributed by atoms with E-state index in [1.165, 1.54) is 17.7 Å². The second kappa shape index (κ2) is 10.1. The summed E-state index contributed by atoms with van der Waals surface area (Å²) in [5.74, 6) is 0.121. The van der Waals surface area contributed by atoms with E-state index >= 15 is 0 Å². The number of hydrogen-bond donors (Lipinski definition) is 3. The molecule has 0 aliphatic carbocycles. The minimum Gasteiger partial charge on any atom is -0.508 e. The third kappa shape index (κ3) is 6.47. The number of carbonyl (C=O) groups is 2. The lowest BCUT2D eigenvalue weighted by molar-refractivity contribution is -0.123. The maximum atomic E-state index is 11.9. The zero-order valence-corrected chi connectivity index (χ0v) is 14.8. The maximum absolute atomic E-state index is 11.9. The number of nitrogens with one attached hydrogen (secondary N) is 2. The van der Waals surface area contributed by atoms with Gasteiger partial charge in [-0.2, -0.15) is 0 Å². The van der Waals surface area contributed by atoms with Gasteiger partial charge >= 0.3 is 0 Å². The Morgan fingerprint density at radius 2 is 1.77 bits per heavy atom. The van der Waals surface area contributed by atoms with Crippen molar-refractivity contribution >= 4 is 11.8 Å². The molecule has 0 fully saturated rings. The van der Waals surface area contributed by atoms with Crippen LogP contribution in [0.1, 0.15) is 29.3 Å². The molecule has 3 N–H and O–H groups in total. The van der Waals surface area contributed by atoms with Crippen molar-refractivity contribution in [2.24, 2.45) is 0 Å². The van der Waals surface area contributed by atoms with Gasteiger partial charge in [0.1, 0.15) is 11.5 Å². The van der Waals surface area contributed by atoms with Gasteiger partial charge in [0.25, 0.3) is 11.8 Å². The Labute approximate surface area is 153 Å². The van der Waals surface area contributed by atoms with E-state index in [4.69, 9.17) is 4.74 Å². The molecule has 2 rings (SSSR count). The molecular formula is C20H24N2O4. The predicted octanol–water partition coefficient (Wildman–Crippen LogP) is 2.27. The second-order valence-electron chi connectivity index (χ2n) is 5.84. The molecule has 2 aromatic carbocycles. The van der Waals surface area contributed by atoms with E-state index in [-0.39, 0.29) is 30.7 Å². The van der Waals surface area contributed by atoms with Gasteiger partial charge < -0.3 is 20.5 Å². The van der Waals surface area contributed by atoms with Gasteiger partial charge in [-0.05, 0) is 42.3 Å². The number of ether oxygens (including phenoxy) is 1. The smallest absolute Gasteiger partial charge is 0.258 e. The monoisotopic (exact) mass is 356 g/mol. The zero-order valence-electron chi connectivity index (χ0n) is 14.8. The maximum Gasteiger partial charge on any atom is 0.258 e. The van der Waals surface area contributed by atoms with Crippen LogP contribution in [0.15, 0.2) is 48.5 Å². The highest BCUT2D eigenvalue weighted by molar-refractivity contribution is 5.94. The molecule has 0 unspecified atom stereocenters. The predicted molar refractivity (Wildman–Crippen MR) is 99.4 cm³/mol. The van der Waals surface area contributed by atoms with Gasteiger partial charge in [-0.25, -0.2) is 0 Å². The largest absolute Gasteiger partial charge is 0.508 e. The van der Waals surface area contributed by atoms with Gasteiger partial charge in [-0.3, -0.25) is 9.59 Å². The van der Waals surface area contributed by atoms with Crippen LogP contribution >= 0.6 is 0 Å². The second-order valence-corrected chi connectivity index (χ2v) is 5.84. The van der Waals surface area contributed by atoms with Crippen molar-refractivity contribution in [2.45, 2.75) is 19.8 Å². The van der Waals surface area contributed by atoms with Gasteiger partial charge in [0.05, 0.1) is 0 Å². The Kier molecular flexibility index (Phi) is 7.49. The lowest BCUT2D eigenvalue weighted by Crippen LogP contribution is -2.36. The molecule has 6 nitrogen and oxygen atoms in total. The molecule has 0 aliphatic heterocycles. The van der Waals surface area contributed by atoms with E-state index in [9.17, 15) is 14.7 Å². The summed E-state index contributed by atoms with van der Waals surface area (Å²) in [4.78, 5) is 23.6. The van der Waals surface area contributed by atoms with Gasteiger partial charge in [0, 0.05) is 18.7 Å². The summed E-state index contributed by atoms with van der Waals surface area (Å²) >= 11 is 0. The average Bonchev–Trinajstić information content (AvgIpc) is 2.65. The zero-order chi connectivity index (χ0) is 18.8. The van der Waals surface area contributed by atoms with Crippen LogP contribution in [0.25, 0.3) is 0 Å². The number of carbonyl (C=O) groups excluding carboxylic acids is 2. The van der Waals surface area contributed by atoms with Crippen molar-refractivity contribution in [2.75, 3.05) is 19.7 Å². The van der Waals surface area contributed by atoms with E-state index < -0.39 is 0 Å². The number of aryl methyl sites for hydroxylation is 1. The number of benzene rings is 2. The lowest BCUT2D eigenvalue weighted by atomic mass is 10.1. The van der Waals surface area contributed by atoms with Gasteiger partial charge in [-0.1, -0.05) is 31.5 Å². The van der Waals surface area contributed by atoms with Crippen molar-refractivity contribution in [3.63, 3.8) is 0 Å². The third-order valence-corrected chi connectivity index (χ3v) is 3.67. The summed E-state index contributed by atoms with van der Waals surface area (Å²) < 4.78 is 5.43. The lowest BCUT2D eigenvalue weighted by Gasteiger charge is -2.09. The Morgan fingerprint density at radius 3 is 2.46 bits per heavy atom. The molecule has 0 bridgehead atoms. The summed E-state index contributed by atoms with van der Waals surface area (Å²) in [5, 5.41) is 14.7. The molecule has 0 aromatic heterocycles. The minimum atomic E-state index is -0.307.